The van der Waals surface area contributed by atoms with E-state index < -0.39 is 10.0 Å². The van der Waals surface area contributed by atoms with E-state index in [4.69, 9.17) is 4.74 Å². The van der Waals surface area contributed by atoms with Gasteiger partial charge in [-0.3, -0.25) is 4.72 Å². The van der Waals surface area contributed by atoms with E-state index in [9.17, 15) is 13.5 Å². The summed E-state index contributed by atoms with van der Waals surface area (Å²) >= 11 is 0. The first-order chi connectivity index (χ1) is 9.96. The minimum atomic E-state index is -3.68. The van der Waals surface area contributed by atoms with Crippen molar-refractivity contribution >= 4 is 15.7 Å². The zero-order chi connectivity index (χ0) is 15.5. The van der Waals surface area contributed by atoms with Crippen LogP contribution in [0.2, 0.25) is 0 Å². The van der Waals surface area contributed by atoms with Crippen molar-refractivity contribution < 1.29 is 18.3 Å². The molecule has 0 unspecified atom stereocenters. The standard InChI is InChI=1S/C15H17NO4S/c1-3-11-4-7-13(8-5-11)21(18,19)16-12-6-9-15(20-2)14(17)10-12/h4-10,16-17H,3H2,1-2H3. The molecule has 0 aliphatic carbocycles. The molecule has 0 aliphatic rings. The van der Waals surface area contributed by atoms with Crippen LogP contribution in [0.3, 0.4) is 0 Å². The summed E-state index contributed by atoms with van der Waals surface area (Å²) in [5.41, 5.74) is 1.34. The van der Waals surface area contributed by atoms with Crippen LogP contribution in [0.15, 0.2) is 47.4 Å². The van der Waals surface area contributed by atoms with Crippen molar-refractivity contribution in [2.45, 2.75) is 18.2 Å². The maximum absolute atomic E-state index is 12.2. The fourth-order valence-electron chi connectivity index (χ4n) is 1.87. The Morgan fingerprint density at radius 1 is 1.14 bits per heavy atom. The minimum absolute atomic E-state index is 0.126. The Bertz CT molecular complexity index is 724. The number of aromatic hydroxyl groups is 1. The van der Waals surface area contributed by atoms with E-state index in [-0.39, 0.29) is 22.1 Å². The maximum Gasteiger partial charge on any atom is 0.261 e. The van der Waals surface area contributed by atoms with E-state index >= 15 is 0 Å². The largest absolute Gasteiger partial charge is 0.504 e. The summed E-state index contributed by atoms with van der Waals surface area (Å²) in [4.78, 5) is 0.176. The van der Waals surface area contributed by atoms with Gasteiger partial charge in [-0.1, -0.05) is 19.1 Å². The lowest BCUT2D eigenvalue weighted by atomic mass is 10.2. The zero-order valence-corrected chi connectivity index (χ0v) is 12.6. The number of sulfonamides is 1. The topological polar surface area (TPSA) is 75.6 Å². The Labute approximate surface area is 124 Å². The van der Waals surface area contributed by atoms with Gasteiger partial charge in [-0.15, -0.1) is 0 Å². The normalized spacial score (nSPS) is 11.1. The predicted octanol–water partition coefficient (Wildman–Crippen LogP) is 2.76. The highest BCUT2D eigenvalue weighted by molar-refractivity contribution is 7.92. The molecular formula is C15H17NO4S. The Kier molecular flexibility index (Phi) is 4.37. The molecule has 2 aromatic rings. The van der Waals surface area contributed by atoms with E-state index in [0.29, 0.717) is 0 Å². The van der Waals surface area contributed by atoms with Crippen molar-refractivity contribution in [3.63, 3.8) is 0 Å². The van der Waals surface area contributed by atoms with E-state index in [1.54, 1.807) is 24.3 Å². The van der Waals surface area contributed by atoms with Crippen molar-refractivity contribution in [1.82, 2.24) is 0 Å². The highest BCUT2D eigenvalue weighted by atomic mass is 32.2. The summed E-state index contributed by atoms with van der Waals surface area (Å²) in [5.74, 6) is 0.157. The number of phenols is 1. The van der Waals surface area contributed by atoms with Gasteiger partial charge >= 0.3 is 0 Å². The average molecular weight is 307 g/mol. The Morgan fingerprint density at radius 2 is 1.81 bits per heavy atom. The third-order valence-electron chi connectivity index (χ3n) is 3.07. The molecule has 0 radical (unpaired) electrons. The molecule has 0 spiro atoms. The van der Waals surface area contributed by atoms with Gasteiger partial charge in [0.25, 0.3) is 10.0 Å². The molecule has 2 rings (SSSR count). The summed E-state index contributed by atoms with van der Waals surface area (Å²) in [7, 11) is -2.25. The molecule has 0 fully saturated rings. The Morgan fingerprint density at radius 3 is 2.33 bits per heavy atom. The van der Waals surface area contributed by atoms with Gasteiger partial charge in [-0.05, 0) is 36.2 Å². The molecule has 5 nitrogen and oxygen atoms in total. The number of aryl methyl sites for hydroxylation is 1. The number of methoxy groups -OCH3 is 1. The van der Waals surface area contributed by atoms with Gasteiger partial charge in [0.2, 0.25) is 0 Å². The minimum Gasteiger partial charge on any atom is -0.504 e. The number of ether oxygens (including phenoxy) is 1. The van der Waals surface area contributed by atoms with Crippen LogP contribution in [-0.4, -0.2) is 20.6 Å². The van der Waals surface area contributed by atoms with Gasteiger partial charge in [0.1, 0.15) is 0 Å². The van der Waals surface area contributed by atoms with Gasteiger partial charge in [-0.2, -0.15) is 0 Å². The molecule has 0 heterocycles. The van der Waals surface area contributed by atoms with Crippen LogP contribution in [0.5, 0.6) is 11.5 Å². The third kappa shape index (κ3) is 3.46. The fourth-order valence-corrected chi connectivity index (χ4v) is 2.92. The molecule has 0 amide bonds. The van der Waals surface area contributed by atoms with Crippen LogP contribution >= 0.6 is 0 Å². The lowest BCUT2D eigenvalue weighted by Gasteiger charge is -2.10. The molecule has 0 saturated carbocycles. The lowest BCUT2D eigenvalue weighted by molar-refractivity contribution is 0.373. The second-order valence-electron chi connectivity index (χ2n) is 4.49. The van der Waals surface area contributed by atoms with Crippen molar-refractivity contribution in [2.75, 3.05) is 11.8 Å². The Balaban J connectivity index is 2.26. The van der Waals surface area contributed by atoms with Crippen LogP contribution < -0.4 is 9.46 Å². The molecule has 0 saturated heterocycles. The molecule has 0 bridgehead atoms. The third-order valence-corrected chi connectivity index (χ3v) is 4.47. The first kappa shape index (κ1) is 15.2. The van der Waals surface area contributed by atoms with Gasteiger partial charge in [0.15, 0.2) is 11.5 Å². The van der Waals surface area contributed by atoms with E-state index in [2.05, 4.69) is 4.72 Å². The van der Waals surface area contributed by atoms with Crippen molar-refractivity contribution in [1.29, 1.82) is 0 Å². The van der Waals surface area contributed by atoms with Gasteiger partial charge in [0.05, 0.1) is 17.7 Å². The molecule has 112 valence electrons. The second-order valence-corrected chi connectivity index (χ2v) is 6.17. The highest BCUT2D eigenvalue weighted by Gasteiger charge is 2.15. The number of benzene rings is 2. The van der Waals surface area contributed by atoms with Crippen LogP contribution in [0.1, 0.15) is 12.5 Å². The molecule has 0 aliphatic heterocycles. The molecule has 0 aromatic heterocycles. The summed E-state index contributed by atoms with van der Waals surface area (Å²) in [6.07, 6.45) is 0.847. The van der Waals surface area contributed by atoms with E-state index in [1.807, 2.05) is 6.92 Å². The number of hydrogen-bond acceptors (Lipinski definition) is 4. The fraction of sp³-hybridized carbons (Fsp3) is 0.200. The van der Waals surface area contributed by atoms with E-state index in [0.717, 1.165) is 12.0 Å². The zero-order valence-electron chi connectivity index (χ0n) is 11.8. The van der Waals surface area contributed by atoms with Crippen LogP contribution in [-0.2, 0) is 16.4 Å². The quantitative estimate of drug-likeness (QED) is 0.890. The summed E-state index contributed by atoms with van der Waals surface area (Å²) in [5, 5.41) is 9.67. The molecular weight excluding hydrogens is 290 g/mol. The first-order valence-corrected chi connectivity index (χ1v) is 7.93. The van der Waals surface area contributed by atoms with Crippen LogP contribution in [0.25, 0.3) is 0 Å². The summed E-state index contributed by atoms with van der Waals surface area (Å²) in [6, 6.07) is 11.0. The number of nitrogens with one attached hydrogen (secondary N) is 1. The molecule has 2 N–H and O–H groups in total. The van der Waals surface area contributed by atoms with Crippen molar-refractivity contribution in [3.05, 3.63) is 48.0 Å². The van der Waals surface area contributed by atoms with Crippen molar-refractivity contribution in [3.8, 4) is 11.5 Å². The maximum atomic E-state index is 12.2. The summed E-state index contributed by atoms with van der Waals surface area (Å²) < 4.78 is 31.8. The molecule has 21 heavy (non-hydrogen) atoms. The van der Waals surface area contributed by atoms with Gasteiger partial charge < -0.3 is 9.84 Å². The summed E-state index contributed by atoms with van der Waals surface area (Å²) in [6.45, 7) is 2.00. The number of phenolic OH excluding ortho intramolecular Hbond substituents is 1. The van der Waals surface area contributed by atoms with Crippen LogP contribution in [0.4, 0.5) is 5.69 Å². The predicted molar refractivity (Wildman–Crippen MR) is 81.3 cm³/mol. The molecule has 2 aromatic carbocycles. The number of hydrogen-bond donors (Lipinski definition) is 2. The van der Waals surface area contributed by atoms with Crippen LogP contribution in [0, 0.1) is 0 Å². The SMILES string of the molecule is CCc1ccc(S(=O)(=O)Nc2ccc(OC)c(O)c2)cc1. The lowest BCUT2D eigenvalue weighted by Crippen LogP contribution is -2.12. The number of rotatable bonds is 5. The monoisotopic (exact) mass is 307 g/mol. The smallest absolute Gasteiger partial charge is 0.261 e. The Hall–Kier alpha value is -2.21. The average Bonchev–Trinajstić information content (AvgIpc) is 2.47. The highest BCUT2D eigenvalue weighted by Crippen LogP contribution is 2.29. The van der Waals surface area contributed by atoms with Gasteiger partial charge in [0, 0.05) is 6.07 Å². The first-order valence-electron chi connectivity index (χ1n) is 6.45. The molecule has 0 atom stereocenters. The van der Waals surface area contributed by atoms with Crippen molar-refractivity contribution in [2.24, 2.45) is 0 Å². The van der Waals surface area contributed by atoms with E-state index in [1.165, 1.54) is 25.3 Å². The molecule has 6 heteroatoms. The second kappa shape index (κ2) is 6.05. The van der Waals surface area contributed by atoms with Gasteiger partial charge in [-0.25, -0.2) is 8.42 Å². The number of anilines is 1.